The highest BCUT2D eigenvalue weighted by atomic mass is 35.5. The Kier molecular flexibility index (Phi) is 5.25. The van der Waals surface area contributed by atoms with Crippen molar-refractivity contribution in [3.05, 3.63) is 59.1 Å². The molecule has 2 aromatic carbocycles. The van der Waals surface area contributed by atoms with Crippen molar-refractivity contribution in [2.45, 2.75) is 38.0 Å². The number of ether oxygens (including phenoxy) is 1. The molecule has 148 valence electrons. The van der Waals surface area contributed by atoms with Crippen LogP contribution in [-0.4, -0.2) is 35.2 Å². The molecule has 1 atom stereocenters. The van der Waals surface area contributed by atoms with Crippen LogP contribution in [0.25, 0.3) is 0 Å². The van der Waals surface area contributed by atoms with Crippen molar-refractivity contribution in [3.8, 4) is 5.75 Å². The molecule has 2 aliphatic heterocycles. The Morgan fingerprint density at radius 1 is 1.04 bits per heavy atom. The van der Waals surface area contributed by atoms with Crippen LogP contribution in [0.3, 0.4) is 0 Å². The van der Waals surface area contributed by atoms with Gasteiger partial charge in [0.1, 0.15) is 11.4 Å². The van der Waals surface area contributed by atoms with Gasteiger partial charge in [0.25, 0.3) is 11.6 Å². The zero-order chi connectivity index (χ0) is 19.7. The molecule has 1 N–H and O–H groups in total. The van der Waals surface area contributed by atoms with Gasteiger partial charge in [-0.2, -0.15) is 13.7 Å². The third-order valence-corrected chi connectivity index (χ3v) is 5.61. The van der Waals surface area contributed by atoms with Gasteiger partial charge in [-0.1, -0.05) is 23.7 Å². The molecular weight excluding hydrogens is 386 g/mol. The van der Waals surface area contributed by atoms with Crippen LogP contribution in [0.2, 0.25) is 5.02 Å². The van der Waals surface area contributed by atoms with Crippen LogP contribution in [0.15, 0.2) is 48.5 Å². The van der Waals surface area contributed by atoms with Crippen molar-refractivity contribution < 1.29 is 23.2 Å². The molecule has 0 amide bonds. The summed E-state index contributed by atoms with van der Waals surface area (Å²) < 4.78 is 31.6. The summed E-state index contributed by atoms with van der Waals surface area (Å²) in [6.45, 7) is -1.54. The molecule has 28 heavy (non-hydrogen) atoms. The molecule has 0 spiro atoms. The minimum Gasteiger partial charge on any atom is -0.435 e. The maximum atomic E-state index is 12.5. The number of aliphatic hydroxyl groups is 1. The second-order valence-electron chi connectivity index (χ2n) is 7.18. The molecule has 2 heterocycles. The fourth-order valence-corrected chi connectivity index (χ4v) is 4.23. The number of alkyl halides is 2. The van der Waals surface area contributed by atoms with Crippen molar-refractivity contribution in [2.75, 3.05) is 18.0 Å². The molecule has 0 fully saturated rings. The number of hydrogen-bond acceptors (Lipinski definition) is 3. The van der Waals surface area contributed by atoms with Gasteiger partial charge in [0, 0.05) is 17.0 Å². The van der Waals surface area contributed by atoms with Crippen LogP contribution in [-0.2, 0) is 5.72 Å². The molecule has 0 bridgehead atoms. The van der Waals surface area contributed by atoms with Gasteiger partial charge < -0.3 is 9.84 Å². The highest BCUT2D eigenvalue weighted by Crippen LogP contribution is 2.38. The first-order valence-corrected chi connectivity index (χ1v) is 9.79. The fraction of sp³-hybridized carbons (Fsp3) is 0.381. The van der Waals surface area contributed by atoms with Gasteiger partial charge in [-0.25, -0.2) is 0 Å². The normalized spacial score (nSPS) is 22.4. The van der Waals surface area contributed by atoms with Crippen molar-refractivity contribution >= 4 is 23.1 Å². The van der Waals surface area contributed by atoms with E-state index in [1.807, 2.05) is 17.0 Å². The standard InChI is InChI=1S/C21H22ClF2N2O2/c22-16-7-5-15(6-8-16)21(27)14-25-13-3-1-2-4-19(25)26(21)17-9-11-18(12-10-17)28-20(23)24/h5-12,20,27H,1-4,13-14H2/q+1/t21-/m0/s1. The summed E-state index contributed by atoms with van der Waals surface area (Å²) in [5.74, 6) is 1.15. The van der Waals surface area contributed by atoms with Gasteiger partial charge in [-0.15, -0.1) is 0 Å². The molecule has 0 unspecified atom stereocenters. The first-order chi connectivity index (χ1) is 13.5. The number of benzene rings is 2. The Labute approximate surface area is 167 Å². The van der Waals surface area contributed by atoms with E-state index in [4.69, 9.17) is 11.6 Å². The lowest BCUT2D eigenvalue weighted by molar-refractivity contribution is -0.534. The highest BCUT2D eigenvalue weighted by molar-refractivity contribution is 6.30. The smallest absolute Gasteiger partial charge is 0.387 e. The number of nitrogens with zero attached hydrogens (tertiary/aromatic N) is 2. The van der Waals surface area contributed by atoms with E-state index in [-0.39, 0.29) is 5.75 Å². The molecule has 0 aliphatic carbocycles. The van der Waals surface area contributed by atoms with Gasteiger partial charge in [-0.05, 0) is 55.7 Å². The Morgan fingerprint density at radius 2 is 1.75 bits per heavy atom. The zero-order valence-electron chi connectivity index (χ0n) is 15.3. The molecule has 2 aromatic rings. The minimum atomic E-state index is -2.87. The Hall–Kier alpha value is -2.18. The predicted molar refractivity (Wildman–Crippen MR) is 104 cm³/mol. The lowest BCUT2D eigenvalue weighted by Crippen LogP contribution is -2.47. The molecule has 0 aromatic heterocycles. The maximum Gasteiger partial charge on any atom is 0.387 e. The van der Waals surface area contributed by atoms with Crippen LogP contribution in [0.4, 0.5) is 14.5 Å². The van der Waals surface area contributed by atoms with Crippen LogP contribution in [0, 0.1) is 0 Å². The summed E-state index contributed by atoms with van der Waals surface area (Å²) in [7, 11) is 0. The summed E-state index contributed by atoms with van der Waals surface area (Å²) in [5, 5.41) is 12.4. The second kappa shape index (κ2) is 7.68. The van der Waals surface area contributed by atoms with E-state index >= 15 is 0 Å². The van der Waals surface area contributed by atoms with E-state index in [9.17, 15) is 13.9 Å². The SMILES string of the molecule is O[C@]1(c2ccc(Cl)cc2)C[N+]2=C(CCCCC2)N1c1ccc(OC(F)F)cc1. The first-order valence-electron chi connectivity index (χ1n) is 9.42. The maximum absolute atomic E-state index is 12.5. The third kappa shape index (κ3) is 3.59. The van der Waals surface area contributed by atoms with Gasteiger partial charge in [-0.3, -0.25) is 4.58 Å². The number of halogens is 3. The molecule has 0 saturated heterocycles. The summed E-state index contributed by atoms with van der Waals surface area (Å²) >= 11 is 6.03. The molecule has 4 rings (SSSR count). The highest BCUT2D eigenvalue weighted by Gasteiger charge is 2.54. The first kappa shape index (κ1) is 19.2. The van der Waals surface area contributed by atoms with Crippen LogP contribution in [0.1, 0.15) is 31.2 Å². The molecule has 7 heteroatoms. The molecule has 0 saturated carbocycles. The van der Waals surface area contributed by atoms with Gasteiger partial charge in [0.15, 0.2) is 6.54 Å². The summed E-state index contributed by atoms with van der Waals surface area (Å²) in [4.78, 5) is 1.92. The largest absolute Gasteiger partial charge is 0.435 e. The molecular formula is C21H22ClF2N2O2+. The predicted octanol–water partition coefficient (Wildman–Crippen LogP) is 4.59. The van der Waals surface area contributed by atoms with Crippen LogP contribution in [0.5, 0.6) is 5.75 Å². The average Bonchev–Trinajstić information content (AvgIpc) is 2.79. The molecule has 0 radical (unpaired) electrons. The monoisotopic (exact) mass is 407 g/mol. The van der Waals surface area contributed by atoms with E-state index in [0.29, 0.717) is 11.6 Å². The van der Waals surface area contributed by atoms with Crippen molar-refractivity contribution in [1.29, 1.82) is 0 Å². The van der Waals surface area contributed by atoms with Crippen molar-refractivity contribution in [1.82, 2.24) is 0 Å². The number of hydrogen-bond donors (Lipinski definition) is 1. The minimum absolute atomic E-state index is 0.0932. The van der Waals surface area contributed by atoms with E-state index in [2.05, 4.69) is 9.31 Å². The lowest BCUT2D eigenvalue weighted by Gasteiger charge is -2.29. The Bertz CT molecular complexity index is 871. The number of rotatable bonds is 4. The van der Waals surface area contributed by atoms with Crippen molar-refractivity contribution in [2.24, 2.45) is 0 Å². The number of amidine groups is 1. The lowest BCUT2D eigenvalue weighted by atomic mass is 10.00. The van der Waals surface area contributed by atoms with Gasteiger partial charge in [0.2, 0.25) is 0 Å². The molecule has 2 aliphatic rings. The number of anilines is 1. The topological polar surface area (TPSA) is 35.7 Å². The van der Waals surface area contributed by atoms with E-state index in [1.54, 1.807) is 24.3 Å². The quantitative estimate of drug-likeness (QED) is 0.753. The zero-order valence-corrected chi connectivity index (χ0v) is 16.1. The van der Waals surface area contributed by atoms with E-state index < -0.39 is 12.3 Å². The Balaban J connectivity index is 1.75. The second-order valence-corrected chi connectivity index (χ2v) is 7.62. The average molecular weight is 408 g/mol. The summed E-state index contributed by atoms with van der Waals surface area (Å²) in [6, 6.07) is 13.6. The summed E-state index contributed by atoms with van der Waals surface area (Å²) in [6.07, 6.45) is 4.13. The van der Waals surface area contributed by atoms with Crippen molar-refractivity contribution in [3.63, 3.8) is 0 Å². The van der Waals surface area contributed by atoms with Gasteiger partial charge >= 0.3 is 6.61 Å². The summed E-state index contributed by atoms with van der Waals surface area (Å²) in [5.41, 5.74) is 0.214. The van der Waals surface area contributed by atoms with Crippen LogP contribution < -0.4 is 9.64 Å². The Morgan fingerprint density at radius 3 is 2.43 bits per heavy atom. The molecule has 4 nitrogen and oxygen atoms in total. The van der Waals surface area contributed by atoms with Gasteiger partial charge in [0.05, 0.1) is 6.54 Å². The fourth-order valence-electron chi connectivity index (χ4n) is 4.10. The van der Waals surface area contributed by atoms with E-state index in [0.717, 1.165) is 49.3 Å². The van der Waals surface area contributed by atoms with Crippen LogP contribution >= 0.6 is 11.6 Å². The van der Waals surface area contributed by atoms with E-state index in [1.165, 1.54) is 12.1 Å². The third-order valence-electron chi connectivity index (χ3n) is 5.36.